The predicted octanol–water partition coefficient (Wildman–Crippen LogP) is 19.6. The van der Waals surface area contributed by atoms with Crippen molar-refractivity contribution in [2.75, 3.05) is 11.5 Å². The van der Waals surface area contributed by atoms with Gasteiger partial charge in [-0.2, -0.15) is 0 Å². The molecule has 16 heteroatoms. The molecule has 0 aromatic heterocycles. The van der Waals surface area contributed by atoms with Gasteiger partial charge >= 0.3 is 0 Å². The van der Waals surface area contributed by atoms with Crippen molar-refractivity contribution in [3.8, 4) is 11.1 Å². The van der Waals surface area contributed by atoms with Crippen molar-refractivity contribution < 1.29 is 19.7 Å². The predicted molar refractivity (Wildman–Crippen MR) is 291 cm³/mol. The van der Waals surface area contributed by atoms with E-state index in [4.69, 9.17) is 0 Å². The standard InChI is InChI=1S/C52H78N4O8S4/c1-3-5-7-9-11-13-15-17-19-21-23-25-27-29-31-33-35-65-51-52(66-36-34-32-30-28-26-24-22-20-18-16-14-12-10-8-6-4-2)68-50(67-51)47-43-37-41(53(57)58)39-45(55(61)62)48(43)49-44(47)38-42(54(59)60)40-46(49)56(63)64/h37-40H,3-36H2,1-2H3. The first-order chi connectivity index (χ1) is 33.1. The molecule has 0 unspecified atom stereocenters. The Morgan fingerprint density at radius 3 is 0.897 bits per heavy atom. The summed E-state index contributed by atoms with van der Waals surface area (Å²) in [6, 6.07) is 4.05. The largest absolute Gasteiger partial charge is 0.284 e. The second kappa shape index (κ2) is 33.5. The van der Waals surface area contributed by atoms with Gasteiger partial charge in [-0.1, -0.05) is 230 Å². The van der Waals surface area contributed by atoms with Crippen molar-refractivity contribution in [3.05, 3.63) is 88.6 Å². The van der Waals surface area contributed by atoms with Gasteiger partial charge in [0.25, 0.3) is 22.7 Å². The van der Waals surface area contributed by atoms with E-state index in [1.165, 1.54) is 215 Å². The third-order valence-electron chi connectivity index (χ3n) is 13.0. The average molecular weight is 1020 g/mol. The summed E-state index contributed by atoms with van der Waals surface area (Å²) in [5, 5.41) is 49.2. The van der Waals surface area contributed by atoms with Crippen molar-refractivity contribution >= 4 is 75.4 Å². The maximum atomic E-state index is 12.5. The van der Waals surface area contributed by atoms with Crippen LogP contribution in [0.15, 0.2) is 37.0 Å². The number of nitro groups is 4. The number of unbranched alkanes of at least 4 members (excludes halogenated alkanes) is 30. The second-order valence-electron chi connectivity index (χ2n) is 18.5. The van der Waals surface area contributed by atoms with Crippen molar-refractivity contribution in [3.63, 3.8) is 0 Å². The highest BCUT2D eigenvalue weighted by Gasteiger charge is 2.42. The normalized spacial score (nSPS) is 13.1. The van der Waals surface area contributed by atoms with E-state index in [9.17, 15) is 40.5 Å². The number of rotatable bonds is 40. The minimum Gasteiger partial charge on any atom is -0.258 e. The summed E-state index contributed by atoms with van der Waals surface area (Å²) in [5.74, 6) is 1.79. The maximum absolute atomic E-state index is 12.5. The molecule has 0 atom stereocenters. The highest BCUT2D eigenvalue weighted by Crippen LogP contribution is 2.64. The molecule has 378 valence electrons. The zero-order valence-electron chi connectivity index (χ0n) is 41.0. The number of hydrogen-bond donors (Lipinski definition) is 0. The van der Waals surface area contributed by atoms with Crippen LogP contribution in [0.5, 0.6) is 0 Å². The molecular weight excluding hydrogens is 937 g/mol. The van der Waals surface area contributed by atoms with Crippen LogP contribution in [0.3, 0.4) is 0 Å². The minimum absolute atomic E-state index is 0.103. The van der Waals surface area contributed by atoms with E-state index in [1.807, 2.05) is 0 Å². The second-order valence-corrected chi connectivity index (χ2v) is 23.6. The van der Waals surface area contributed by atoms with Crippen molar-refractivity contribution in [1.29, 1.82) is 0 Å². The third kappa shape index (κ3) is 19.6. The van der Waals surface area contributed by atoms with E-state index in [-0.39, 0.29) is 22.3 Å². The first-order valence-electron chi connectivity index (χ1n) is 26.1. The molecule has 4 rings (SSSR count). The molecule has 0 radical (unpaired) electrons. The fourth-order valence-electron chi connectivity index (χ4n) is 9.19. The Bertz CT molecular complexity index is 1860. The molecular formula is C52H78N4O8S4. The van der Waals surface area contributed by atoms with Gasteiger partial charge < -0.3 is 0 Å². The molecule has 0 saturated heterocycles. The van der Waals surface area contributed by atoms with Gasteiger partial charge in [0.1, 0.15) is 0 Å². The van der Waals surface area contributed by atoms with Gasteiger partial charge in [0, 0.05) is 28.8 Å². The first-order valence-corrected chi connectivity index (χ1v) is 29.7. The van der Waals surface area contributed by atoms with Gasteiger partial charge in [-0.25, -0.2) is 0 Å². The highest BCUT2D eigenvalue weighted by atomic mass is 32.3. The van der Waals surface area contributed by atoms with Crippen LogP contribution in [0.25, 0.3) is 16.7 Å². The molecule has 2 aromatic carbocycles. The summed E-state index contributed by atoms with van der Waals surface area (Å²) >= 11 is 6.44. The smallest absolute Gasteiger partial charge is 0.258 e. The first kappa shape index (κ1) is 57.5. The van der Waals surface area contributed by atoms with E-state index < -0.39 is 42.4 Å². The monoisotopic (exact) mass is 1010 g/mol. The summed E-state index contributed by atoms with van der Waals surface area (Å²) < 4.78 is 2.78. The van der Waals surface area contributed by atoms with Crippen LogP contribution in [0.2, 0.25) is 0 Å². The van der Waals surface area contributed by atoms with Crippen LogP contribution in [0, 0.1) is 40.5 Å². The molecule has 2 aliphatic rings. The van der Waals surface area contributed by atoms with Crippen LogP contribution in [0.1, 0.15) is 230 Å². The van der Waals surface area contributed by atoms with E-state index in [0.29, 0.717) is 9.81 Å². The van der Waals surface area contributed by atoms with Crippen LogP contribution in [-0.2, 0) is 0 Å². The zero-order chi connectivity index (χ0) is 48.9. The number of thioether (sulfide) groups is 4. The molecule has 12 nitrogen and oxygen atoms in total. The summed E-state index contributed by atoms with van der Waals surface area (Å²) in [4.78, 5) is 46.2. The summed E-state index contributed by atoms with van der Waals surface area (Å²) in [6.07, 6.45) is 41.5. The van der Waals surface area contributed by atoms with Gasteiger partial charge in [-0.15, -0.1) is 23.5 Å². The Labute approximate surface area is 423 Å². The molecule has 1 aliphatic carbocycles. The van der Waals surface area contributed by atoms with E-state index in [1.54, 1.807) is 23.5 Å². The molecule has 0 fully saturated rings. The Balaban J connectivity index is 1.37. The fraction of sp³-hybridized carbons (Fsp3) is 0.692. The van der Waals surface area contributed by atoms with Crippen LogP contribution < -0.4 is 0 Å². The van der Waals surface area contributed by atoms with Crippen molar-refractivity contribution in [2.24, 2.45) is 0 Å². The summed E-state index contributed by atoms with van der Waals surface area (Å²) in [6.45, 7) is 4.53. The molecule has 1 heterocycles. The molecule has 0 spiro atoms. The minimum atomic E-state index is -0.778. The lowest BCUT2D eigenvalue weighted by atomic mass is 10.0. The Hall–Kier alpha value is -3.08. The average Bonchev–Trinajstić information content (AvgIpc) is 3.87. The SMILES string of the molecule is CCCCCCCCCCCCCCCCCCSC1=C(SCCCCCCCCCCCCCCCCCC)SC(=C2c3cc([N+](=O)[O-])cc([N+](=O)[O-])c3-c3c2cc([N+](=O)[O-])cc3[N+](=O)[O-])S1. The molecule has 0 N–H and O–H groups in total. The quantitative estimate of drug-likeness (QED) is 0.0300. The molecule has 0 bridgehead atoms. The lowest BCUT2D eigenvalue weighted by Crippen LogP contribution is -1.99. The zero-order valence-corrected chi connectivity index (χ0v) is 44.3. The lowest BCUT2D eigenvalue weighted by molar-refractivity contribution is -0.395. The molecule has 2 aromatic rings. The number of fused-ring (bicyclic) bond motifs is 3. The lowest BCUT2D eigenvalue weighted by Gasteiger charge is -2.08. The van der Waals surface area contributed by atoms with Gasteiger partial charge in [0.2, 0.25) is 0 Å². The Kier molecular flexibility index (Phi) is 28.3. The summed E-state index contributed by atoms with van der Waals surface area (Å²) in [5.41, 5.74) is -2.10. The fourth-order valence-corrected chi connectivity index (χ4v) is 15.3. The van der Waals surface area contributed by atoms with Gasteiger partial charge in [-0.3, -0.25) is 40.5 Å². The van der Waals surface area contributed by atoms with Gasteiger partial charge in [-0.05, 0) is 24.3 Å². The molecule has 68 heavy (non-hydrogen) atoms. The van der Waals surface area contributed by atoms with Gasteiger partial charge in [0.15, 0.2) is 0 Å². The van der Waals surface area contributed by atoms with Crippen molar-refractivity contribution in [2.45, 2.75) is 219 Å². The number of hydrogen-bond acceptors (Lipinski definition) is 12. The number of nitrogens with zero attached hydrogens (tertiary/aromatic N) is 4. The number of non-ortho nitro benzene ring substituents is 2. The van der Waals surface area contributed by atoms with Gasteiger partial charge in [0.05, 0.1) is 55.7 Å². The van der Waals surface area contributed by atoms with E-state index >= 15 is 0 Å². The molecule has 0 amide bonds. The van der Waals surface area contributed by atoms with E-state index in [2.05, 4.69) is 13.8 Å². The topological polar surface area (TPSA) is 173 Å². The summed E-state index contributed by atoms with van der Waals surface area (Å²) in [7, 11) is 0. The van der Waals surface area contributed by atoms with Crippen LogP contribution in [0.4, 0.5) is 22.7 Å². The third-order valence-corrected chi connectivity index (χ3v) is 18.7. The van der Waals surface area contributed by atoms with Crippen LogP contribution >= 0.6 is 47.0 Å². The van der Waals surface area contributed by atoms with Crippen molar-refractivity contribution in [1.82, 2.24) is 0 Å². The Morgan fingerprint density at radius 1 is 0.382 bits per heavy atom. The highest BCUT2D eigenvalue weighted by molar-refractivity contribution is 8.40. The number of benzene rings is 2. The maximum Gasteiger partial charge on any atom is 0.284 e. The number of nitro benzene ring substituents is 4. The van der Waals surface area contributed by atoms with E-state index in [0.717, 1.165) is 57.8 Å². The van der Waals surface area contributed by atoms with Crippen LogP contribution in [-0.4, -0.2) is 31.2 Å². The molecule has 0 saturated carbocycles. The molecule has 1 aliphatic heterocycles. The Morgan fingerprint density at radius 2 is 0.647 bits per heavy atom.